The number of rotatable bonds is 7. The van der Waals surface area contributed by atoms with Gasteiger partial charge >= 0.3 is 0 Å². The van der Waals surface area contributed by atoms with Gasteiger partial charge in [-0.15, -0.1) is 11.3 Å². The number of likely N-dealkylation sites (N-methyl/N-ethyl adjacent to an activating group) is 1. The number of ether oxygens (including phenoxy) is 1. The van der Waals surface area contributed by atoms with Crippen LogP contribution in [0.25, 0.3) is 0 Å². The molecule has 1 aromatic heterocycles. The molecule has 0 bridgehead atoms. The fourth-order valence-corrected chi connectivity index (χ4v) is 2.83. The Morgan fingerprint density at radius 1 is 1.22 bits per heavy atom. The van der Waals surface area contributed by atoms with E-state index in [9.17, 15) is 0 Å². The van der Waals surface area contributed by atoms with Crippen molar-refractivity contribution in [2.75, 3.05) is 13.2 Å². The van der Waals surface area contributed by atoms with Crippen LogP contribution in [0.1, 0.15) is 44.4 Å². The van der Waals surface area contributed by atoms with Gasteiger partial charge in [0, 0.05) is 15.8 Å². The van der Waals surface area contributed by atoms with Crippen LogP contribution >= 0.6 is 11.3 Å². The Bertz CT molecular complexity index is 341. The maximum absolute atomic E-state index is 5.89. The second-order valence-electron chi connectivity index (χ2n) is 5.60. The van der Waals surface area contributed by atoms with E-state index in [1.807, 2.05) is 11.3 Å². The van der Waals surface area contributed by atoms with Gasteiger partial charge in [0.2, 0.25) is 0 Å². The average molecular weight is 269 g/mol. The number of hydrogen-bond acceptors (Lipinski definition) is 3. The molecule has 2 nitrogen and oxygen atoms in total. The first-order chi connectivity index (χ1) is 8.44. The van der Waals surface area contributed by atoms with Crippen LogP contribution in [-0.2, 0) is 17.6 Å². The van der Waals surface area contributed by atoms with E-state index in [1.54, 1.807) is 0 Å². The fraction of sp³-hybridized carbons (Fsp3) is 0.733. The molecule has 0 radical (unpaired) electrons. The average Bonchev–Trinajstić information content (AvgIpc) is 2.73. The summed E-state index contributed by atoms with van der Waals surface area (Å²) in [5, 5.41) is 3.51. The van der Waals surface area contributed by atoms with Crippen LogP contribution in [0.2, 0.25) is 0 Å². The highest BCUT2D eigenvalue weighted by Gasteiger charge is 2.15. The summed E-state index contributed by atoms with van der Waals surface area (Å²) in [7, 11) is 0. The molecule has 0 saturated carbocycles. The summed E-state index contributed by atoms with van der Waals surface area (Å²) in [5.74, 6) is 0. The van der Waals surface area contributed by atoms with Gasteiger partial charge in [0.1, 0.15) is 0 Å². The van der Waals surface area contributed by atoms with Crippen LogP contribution in [0.3, 0.4) is 0 Å². The van der Waals surface area contributed by atoms with Crippen LogP contribution in [0, 0.1) is 0 Å². The van der Waals surface area contributed by atoms with Gasteiger partial charge in [0.25, 0.3) is 0 Å². The van der Waals surface area contributed by atoms with Crippen molar-refractivity contribution in [2.45, 2.75) is 59.1 Å². The lowest BCUT2D eigenvalue weighted by Crippen LogP contribution is -2.38. The molecule has 104 valence electrons. The van der Waals surface area contributed by atoms with Crippen LogP contribution < -0.4 is 5.32 Å². The zero-order valence-electron chi connectivity index (χ0n) is 12.4. The van der Waals surface area contributed by atoms with Gasteiger partial charge < -0.3 is 10.1 Å². The van der Waals surface area contributed by atoms with Crippen LogP contribution in [0.15, 0.2) is 12.1 Å². The number of hydrogen-bond donors (Lipinski definition) is 1. The summed E-state index contributed by atoms with van der Waals surface area (Å²) in [5.41, 5.74) is -0.0578. The lowest BCUT2D eigenvalue weighted by atomic mass is 10.1. The molecule has 0 amide bonds. The zero-order valence-corrected chi connectivity index (χ0v) is 13.2. The molecule has 0 saturated heterocycles. The maximum Gasteiger partial charge on any atom is 0.0630 e. The second-order valence-corrected chi connectivity index (χ2v) is 6.86. The van der Waals surface area contributed by atoms with E-state index in [0.717, 1.165) is 26.0 Å². The van der Waals surface area contributed by atoms with Crippen molar-refractivity contribution in [1.29, 1.82) is 0 Å². The fourth-order valence-electron chi connectivity index (χ4n) is 1.79. The lowest BCUT2D eigenvalue weighted by molar-refractivity contribution is -0.0140. The Morgan fingerprint density at radius 3 is 2.39 bits per heavy atom. The number of nitrogens with one attached hydrogen (secondary N) is 1. The minimum absolute atomic E-state index is 0.0578. The van der Waals surface area contributed by atoms with Gasteiger partial charge in [0.05, 0.1) is 12.2 Å². The van der Waals surface area contributed by atoms with Gasteiger partial charge in [-0.2, -0.15) is 0 Å². The lowest BCUT2D eigenvalue weighted by Gasteiger charge is -2.24. The Labute approximate surface area is 116 Å². The quantitative estimate of drug-likeness (QED) is 0.816. The predicted molar refractivity (Wildman–Crippen MR) is 80.6 cm³/mol. The SMILES string of the molecule is CCNC(COC(C)(C)C)Cc1ccc(CC)s1. The zero-order chi connectivity index (χ0) is 13.6. The first kappa shape index (κ1) is 15.7. The van der Waals surface area contributed by atoms with Crippen molar-refractivity contribution in [3.05, 3.63) is 21.9 Å². The molecule has 1 aromatic rings. The molecule has 0 spiro atoms. The summed E-state index contributed by atoms with van der Waals surface area (Å²) in [6.07, 6.45) is 2.20. The minimum atomic E-state index is -0.0578. The van der Waals surface area contributed by atoms with Crippen molar-refractivity contribution in [2.24, 2.45) is 0 Å². The summed E-state index contributed by atoms with van der Waals surface area (Å²) in [4.78, 5) is 2.92. The monoisotopic (exact) mass is 269 g/mol. The molecule has 0 aliphatic carbocycles. The van der Waals surface area contributed by atoms with Gasteiger partial charge in [-0.05, 0) is 52.3 Å². The molecular formula is C15H27NOS. The third-order valence-corrected chi connectivity index (χ3v) is 3.98. The molecule has 0 aromatic carbocycles. The van der Waals surface area contributed by atoms with E-state index in [1.165, 1.54) is 9.75 Å². The molecule has 1 N–H and O–H groups in total. The number of aryl methyl sites for hydroxylation is 1. The van der Waals surface area contributed by atoms with Gasteiger partial charge in [-0.3, -0.25) is 0 Å². The summed E-state index contributed by atoms with van der Waals surface area (Å²) >= 11 is 1.92. The van der Waals surface area contributed by atoms with Crippen LogP contribution in [-0.4, -0.2) is 24.8 Å². The predicted octanol–water partition coefficient (Wildman–Crippen LogP) is 3.65. The van der Waals surface area contributed by atoms with Crippen molar-refractivity contribution in [1.82, 2.24) is 5.32 Å². The topological polar surface area (TPSA) is 21.3 Å². The first-order valence-electron chi connectivity index (χ1n) is 6.89. The van der Waals surface area contributed by atoms with E-state index in [4.69, 9.17) is 4.74 Å². The molecule has 0 aliphatic rings. The van der Waals surface area contributed by atoms with E-state index >= 15 is 0 Å². The van der Waals surface area contributed by atoms with Gasteiger partial charge in [0.15, 0.2) is 0 Å². The van der Waals surface area contributed by atoms with Crippen molar-refractivity contribution >= 4 is 11.3 Å². The smallest absolute Gasteiger partial charge is 0.0630 e. The molecule has 1 heterocycles. The molecule has 18 heavy (non-hydrogen) atoms. The van der Waals surface area contributed by atoms with Gasteiger partial charge in [-0.1, -0.05) is 13.8 Å². The van der Waals surface area contributed by atoms with E-state index in [2.05, 4.69) is 52.1 Å². The standard InChI is InChI=1S/C15H27NOS/c1-6-13-8-9-14(18-13)10-12(16-7-2)11-17-15(3,4)5/h8-9,12,16H,6-7,10-11H2,1-5H3. The second kappa shape index (κ2) is 7.27. The third-order valence-electron chi connectivity index (χ3n) is 2.72. The van der Waals surface area contributed by atoms with E-state index < -0.39 is 0 Å². The Kier molecular flexibility index (Phi) is 6.33. The van der Waals surface area contributed by atoms with E-state index in [0.29, 0.717) is 6.04 Å². The van der Waals surface area contributed by atoms with Crippen LogP contribution in [0.5, 0.6) is 0 Å². The normalized spacial score (nSPS) is 13.8. The summed E-state index contributed by atoms with van der Waals surface area (Å²) in [6.45, 7) is 12.4. The number of thiophene rings is 1. The molecular weight excluding hydrogens is 242 g/mol. The van der Waals surface area contributed by atoms with Crippen LogP contribution in [0.4, 0.5) is 0 Å². The molecule has 3 heteroatoms. The summed E-state index contributed by atoms with van der Waals surface area (Å²) < 4.78 is 5.89. The van der Waals surface area contributed by atoms with E-state index in [-0.39, 0.29) is 5.60 Å². The first-order valence-corrected chi connectivity index (χ1v) is 7.71. The minimum Gasteiger partial charge on any atom is -0.374 e. The molecule has 0 fully saturated rings. The Hall–Kier alpha value is -0.380. The Balaban J connectivity index is 2.51. The highest BCUT2D eigenvalue weighted by molar-refractivity contribution is 7.11. The van der Waals surface area contributed by atoms with Crippen molar-refractivity contribution < 1.29 is 4.74 Å². The molecule has 1 unspecified atom stereocenters. The van der Waals surface area contributed by atoms with Gasteiger partial charge in [-0.25, -0.2) is 0 Å². The molecule has 0 aliphatic heterocycles. The largest absolute Gasteiger partial charge is 0.374 e. The van der Waals surface area contributed by atoms with Crippen molar-refractivity contribution in [3.63, 3.8) is 0 Å². The highest BCUT2D eigenvalue weighted by Crippen LogP contribution is 2.19. The molecule has 1 rings (SSSR count). The third kappa shape index (κ3) is 5.98. The van der Waals surface area contributed by atoms with Crippen molar-refractivity contribution in [3.8, 4) is 0 Å². The Morgan fingerprint density at radius 2 is 1.89 bits per heavy atom. The molecule has 1 atom stereocenters. The maximum atomic E-state index is 5.89. The highest BCUT2D eigenvalue weighted by atomic mass is 32.1. The summed E-state index contributed by atoms with van der Waals surface area (Å²) in [6, 6.07) is 4.91.